The summed E-state index contributed by atoms with van der Waals surface area (Å²) in [6.07, 6.45) is 3.81. The van der Waals surface area contributed by atoms with Crippen LogP contribution in [-0.4, -0.2) is 83.6 Å². The summed E-state index contributed by atoms with van der Waals surface area (Å²) in [5.41, 5.74) is 5.26. The first-order valence-electron chi connectivity index (χ1n) is 14.5. The molecule has 224 valence electrons. The van der Waals surface area contributed by atoms with Crippen LogP contribution in [0.5, 0.6) is 17.2 Å². The van der Waals surface area contributed by atoms with Crippen molar-refractivity contribution in [2.45, 2.75) is 19.6 Å². The van der Waals surface area contributed by atoms with Crippen molar-refractivity contribution < 1.29 is 28.8 Å². The van der Waals surface area contributed by atoms with E-state index >= 15 is 0 Å². The highest BCUT2D eigenvalue weighted by molar-refractivity contribution is 5.68. The third kappa shape index (κ3) is 6.99. The van der Waals surface area contributed by atoms with Crippen LogP contribution in [0.2, 0.25) is 0 Å². The van der Waals surface area contributed by atoms with E-state index in [0.29, 0.717) is 43.5 Å². The Morgan fingerprint density at radius 1 is 0.953 bits per heavy atom. The number of hydrogen-bond acceptors (Lipinski definition) is 8. The van der Waals surface area contributed by atoms with Crippen molar-refractivity contribution in [1.82, 2.24) is 19.4 Å². The van der Waals surface area contributed by atoms with Crippen molar-refractivity contribution in [2.75, 3.05) is 53.2 Å². The average molecular weight is 585 g/mol. The summed E-state index contributed by atoms with van der Waals surface area (Å²) in [4.78, 5) is 20.6. The van der Waals surface area contributed by atoms with Crippen LogP contribution in [-0.2, 0) is 29.2 Å². The zero-order valence-corrected chi connectivity index (χ0v) is 24.3. The van der Waals surface area contributed by atoms with Crippen LogP contribution < -0.4 is 14.2 Å². The number of ether oxygens (including phenoxy) is 4. The number of carbonyl (C=O) groups is 1. The lowest BCUT2D eigenvalue weighted by Crippen LogP contribution is -2.35. The normalized spacial score (nSPS) is 15.7. The molecule has 6 rings (SSSR count). The number of benzene rings is 3. The van der Waals surface area contributed by atoms with Crippen LogP contribution in [0.15, 0.2) is 73.1 Å². The number of aliphatic carboxylic acids is 1. The van der Waals surface area contributed by atoms with Gasteiger partial charge >= 0.3 is 5.97 Å². The molecule has 0 aliphatic carbocycles. The van der Waals surface area contributed by atoms with Gasteiger partial charge in [0.05, 0.1) is 20.3 Å². The van der Waals surface area contributed by atoms with Crippen molar-refractivity contribution in [1.29, 1.82) is 0 Å². The number of imidazole rings is 1. The molecule has 3 heterocycles. The number of hydrogen-bond donors (Lipinski definition) is 1. The predicted molar refractivity (Wildman–Crippen MR) is 161 cm³/mol. The summed E-state index contributed by atoms with van der Waals surface area (Å²) < 4.78 is 25.2. The number of morpholine rings is 1. The Bertz CT molecular complexity index is 1560. The molecule has 3 aromatic carbocycles. The minimum absolute atomic E-state index is 0.392. The molecule has 0 amide bonds. The van der Waals surface area contributed by atoms with Gasteiger partial charge in [0.1, 0.15) is 18.2 Å². The maximum atomic E-state index is 11.2. The standard InChI is InChI=1S/C33H36N4O6/c1-40-30-7-6-26-19-31(30)42-15-12-36(22-27-4-2-3-5-29(27)43-23-32(38)39)21-25-16-24(20-35-10-13-41-14-11-35)17-28(18-25)37-9-8-34-33(26)37/h2-9,16-19H,10-15,20-23H2,1H3,(H,38,39). The van der Waals surface area contributed by atoms with Crippen LogP contribution in [0.1, 0.15) is 16.7 Å². The van der Waals surface area contributed by atoms with Crippen molar-refractivity contribution in [2.24, 2.45) is 0 Å². The van der Waals surface area contributed by atoms with E-state index in [1.807, 2.05) is 54.9 Å². The van der Waals surface area contributed by atoms with Crippen LogP contribution >= 0.6 is 0 Å². The van der Waals surface area contributed by atoms with Crippen molar-refractivity contribution >= 4 is 5.97 Å². The van der Waals surface area contributed by atoms with Crippen molar-refractivity contribution in [3.05, 3.63) is 89.7 Å². The Morgan fingerprint density at radius 3 is 2.63 bits per heavy atom. The van der Waals surface area contributed by atoms with E-state index in [-0.39, 0.29) is 0 Å². The van der Waals surface area contributed by atoms with E-state index in [1.165, 1.54) is 5.56 Å². The van der Waals surface area contributed by atoms with Crippen LogP contribution in [0, 0.1) is 0 Å². The molecule has 2 aliphatic rings. The fourth-order valence-corrected chi connectivity index (χ4v) is 5.65. The molecule has 1 fully saturated rings. The molecular weight excluding hydrogens is 548 g/mol. The molecule has 10 heteroatoms. The molecule has 43 heavy (non-hydrogen) atoms. The van der Waals surface area contributed by atoms with E-state index in [4.69, 9.17) is 23.9 Å². The summed E-state index contributed by atoms with van der Waals surface area (Å²) in [6.45, 7) is 5.98. The van der Waals surface area contributed by atoms with Crippen molar-refractivity contribution in [3.8, 4) is 34.3 Å². The van der Waals surface area contributed by atoms with E-state index in [2.05, 4.69) is 32.6 Å². The second kappa shape index (κ2) is 13.3. The molecule has 0 unspecified atom stereocenters. The van der Waals surface area contributed by atoms with Gasteiger partial charge in [0.15, 0.2) is 18.1 Å². The number of para-hydroxylation sites is 1. The highest BCUT2D eigenvalue weighted by atomic mass is 16.5. The quantitative estimate of drug-likeness (QED) is 0.326. The summed E-state index contributed by atoms with van der Waals surface area (Å²) in [5.74, 6) is 1.68. The molecule has 2 aliphatic heterocycles. The van der Waals surface area contributed by atoms with Crippen molar-refractivity contribution in [3.63, 3.8) is 0 Å². The smallest absolute Gasteiger partial charge is 0.341 e. The number of rotatable bonds is 8. The van der Waals surface area contributed by atoms with E-state index in [9.17, 15) is 9.90 Å². The fourth-order valence-electron chi connectivity index (χ4n) is 5.65. The van der Waals surface area contributed by atoms with E-state index in [1.54, 1.807) is 7.11 Å². The number of carboxylic acid groups (broad SMARTS) is 1. The number of nitrogens with zero attached hydrogens (tertiary/aromatic N) is 4. The minimum atomic E-state index is -1.01. The van der Waals surface area contributed by atoms with Gasteiger partial charge in [-0.1, -0.05) is 24.3 Å². The molecular formula is C33H36N4O6. The summed E-state index contributed by atoms with van der Waals surface area (Å²) in [6, 6.07) is 20.2. The maximum Gasteiger partial charge on any atom is 0.341 e. The molecule has 4 bridgehead atoms. The SMILES string of the molecule is COc1ccc2cc1OCCN(Cc1ccccc1OCC(=O)O)Cc1cc(CN3CCOCC3)cc(c1)-n1ccnc1-2. The molecule has 0 radical (unpaired) electrons. The van der Waals surface area contributed by atoms with Gasteiger partial charge in [-0.15, -0.1) is 0 Å². The van der Waals surface area contributed by atoms with E-state index in [0.717, 1.165) is 61.1 Å². The predicted octanol–water partition coefficient (Wildman–Crippen LogP) is 4.24. The monoisotopic (exact) mass is 584 g/mol. The molecule has 4 aromatic rings. The number of carboxylic acids is 1. The fraction of sp³-hybridized carbons (Fsp3) is 0.333. The Hall–Kier alpha value is -4.38. The Balaban J connectivity index is 1.39. The van der Waals surface area contributed by atoms with Crippen LogP contribution in [0.25, 0.3) is 17.1 Å². The molecule has 10 nitrogen and oxygen atoms in total. The largest absolute Gasteiger partial charge is 0.493 e. The molecule has 0 spiro atoms. The molecule has 0 atom stereocenters. The Kier molecular flexibility index (Phi) is 8.88. The number of methoxy groups -OCH3 is 1. The van der Waals surface area contributed by atoms with Gasteiger partial charge in [0, 0.05) is 68.5 Å². The molecule has 1 saturated heterocycles. The first kappa shape index (κ1) is 28.7. The summed E-state index contributed by atoms with van der Waals surface area (Å²) in [5, 5.41) is 9.18. The third-order valence-corrected chi connectivity index (χ3v) is 7.68. The third-order valence-electron chi connectivity index (χ3n) is 7.68. The van der Waals surface area contributed by atoms with Gasteiger partial charge in [-0.05, 0) is 47.5 Å². The lowest BCUT2D eigenvalue weighted by Gasteiger charge is -2.27. The van der Waals surface area contributed by atoms with Gasteiger partial charge in [-0.2, -0.15) is 0 Å². The lowest BCUT2D eigenvalue weighted by atomic mass is 10.1. The average Bonchev–Trinajstić information content (AvgIpc) is 3.51. The van der Waals surface area contributed by atoms with Gasteiger partial charge in [0.2, 0.25) is 0 Å². The molecule has 1 N–H and O–H groups in total. The number of fused-ring (bicyclic) bond motifs is 7. The molecule has 1 aromatic heterocycles. The van der Waals surface area contributed by atoms with Gasteiger partial charge < -0.3 is 24.1 Å². The van der Waals surface area contributed by atoms with Gasteiger partial charge in [0.25, 0.3) is 0 Å². The zero-order chi connectivity index (χ0) is 29.6. The molecule has 0 saturated carbocycles. The van der Waals surface area contributed by atoms with Gasteiger partial charge in [-0.3, -0.25) is 14.4 Å². The van der Waals surface area contributed by atoms with Gasteiger partial charge in [-0.25, -0.2) is 9.78 Å². The summed E-state index contributed by atoms with van der Waals surface area (Å²) in [7, 11) is 1.64. The second-order valence-electron chi connectivity index (χ2n) is 10.7. The van der Waals surface area contributed by atoms with Crippen LogP contribution in [0.4, 0.5) is 0 Å². The minimum Gasteiger partial charge on any atom is -0.493 e. The Labute approximate surface area is 251 Å². The lowest BCUT2D eigenvalue weighted by molar-refractivity contribution is -0.139. The first-order chi connectivity index (χ1) is 21.1. The first-order valence-corrected chi connectivity index (χ1v) is 14.5. The highest BCUT2D eigenvalue weighted by Gasteiger charge is 2.19. The number of aromatic nitrogens is 2. The maximum absolute atomic E-state index is 11.2. The zero-order valence-electron chi connectivity index (χ0n) is 24.3. The second-order valence-corrected chi connectivity index (χ2v) is 10.7. The van der Waals surface area contributed by atoms with Crippen LogP contribution in [0.3, 0.4) is 0 Å². The highest BCUT2D eigenvalue weighted by Crippen LogP contribution is 2.34. The topological polar surface area (TPSA) is 98.5 Å². The summed E-state index contributed by atoms with van der Waals surface area (Å²) >= 11 is 0. The Morgan fingerprint density at radius 2 is 1.79 bits per heavy atom. The van der Waals surface area contributed by atoms with E-state index < -0.39 is 12.6 Å².